The fraction of sp³-hybridized carbons (Fsp3) is 0.167. The molecule has 1 aromatic carbocycles. The lowest BCUT2D eigenvalue weighted by molar-refractivity contribution is -0.385. The van der Waals surface area contributed by atoms with Gasteiger partial charge in [-0.3, -0.25) is 10.1 Å². The van der Waals surface area contributed by atoms with E-state index >= 15 is 0 Å². The summed E-state index contributed by atoms with van der Waals surface area (Å²) in [7, 11) is 2.19. The van der Waals surface area contributed by atoms with Crippen molar-refractivity contribution in [2.75, 3.05) is 14.2 Å². The van der Waals surface area contributed by atoms with Crippen molar-refractivity contribution in [2.24, 2.45) is 0 Å². The van der Waals surface area contributed by atoms with Gasteiger partial charge in [0, 0.05) is 6.07 Å². The molecule has 0 unspecified atom stereocenters. The van der Waals surface area contributed by atoms with E-state index in [0.717, 1.165) is 20.3 Å². The van der Waals surface area contributed by atoms with Crippen molar-refractivity contribution < 1.29 is 28.7 Å². The lowest BCUT2D eigenvalue weighted by Gasteiger charge is -2.08. The van der Waals surface area contributed by atoms with E-state index in [1.54, 1.807) is 0 Å². The van der Waals surface area contributed by atoms with E-state index < -0.39 is 22.6 Å². The van der Waals surface area contributed by atoms with E-state index in [2.05, 4.69) is 9.47 Å². The molecule has 0 saturated heterocycles. The monoisotopic (exact) mass is 281 g/mol. The van der Waals surface area contributed by atoms with Crippen molar-refractivity contribution in [2.45, 2.75) is 0 Å². The maximum atomic E-state index is 11.5. The third-order valence-electron chi connectivity index (χ3n) is 2.12. The molecule has 0 amide bonds. The molecule has 0 aliphatic carbocycles. The van der Waals surface area contributed by atoms with Gasteiger partial charge in [-0.2, -0.15) is 0 Å². The molecular formula is C12H11NO7. The molecule has 0 radical (unpaired) electrons. The minimum atomic E-state index is -0.964. The first kappa shape index (κ1) is 15.2. The largest absolute Gasteiger partial charge is 0.466 e. The zero-order valence-electron chi connectivity index (χ0n) is 10.7. The quantitative estimate of drug-likeness (QED) is 0.262. The number of rotatable bonds is 5. The average Bonchev–Trinajstić information content (AvgIpc) is 2.45. The number of methoxy groups -OCH3 is 2. The fourth-order valence-electron chi connectivity index (χ4n) is 1.21. The van der Waals surface area contributed by atoms with Crippen molar-refractivity contribution >= 4 is 17.6 Å². The molecule has 0 atom stereocenters. The van der Waals surface area contributed by atoms with Gasteiger partial charge in [-0.15, -0.1) is 0 Å². The highest BCUT2D eigenvalue weighted by atomic mass is 16.6. The summed E-state index contributed by atoms with van der Waals surface area (Å²) in [6.45, 7) is 0. The molecule has 0 aliphatic heterocycles. The van der Waals surface area contributed by atoms with Gasteiger partial charge in [0.25, 0.3) is 0 Å². The summed E-state index contributed by atoms with van der Waals surface area (Å²) in [6, 6.07) is 5.40. The number of ether oxygens (including phenoxy) is 3. The third-order valence-corrected chi connectivity index (χ3v) is 2.12. The Balaban J connectivity index is 3.14. The molecule has 0 N–H and O–H groups in total. The number of benzene rings is 1. The normalized spacial score (nSPS) is 10.6. The molecule has 0 heterocycles. The van der Waals surface area contributed by atoms with Crippen LogP contribution in [-0.4, -0.2) is 31.1 Å². The molecule has 0 saturated carbocycles. The van der Waals surface area contributed by atoms with Crippen LogP contribution in [0, 0.1) is 10.1 Å². The molecule has 0 aliphatic rings. The third kappa shape index (κ3) is 3.80. The second kappa shape index (κ2) is 6.88. The zero-order chi connectivity index (χ0) is 15.1. The van der Waals surface area contributed by atoms with Crippen LogP contribution < -0.4 is 4.74 Å². The number of nitro groups is 1. The van der Waals surface area contributed by atoms with Crippen molar-refractivity contribution in [1.82, 2.24) is 0 Å². The van der Waals surface area contributed by atoms with Gasteiger partial charge in [-0.1, -0.05) is 12.1 Å². The molecule has 0 aromatic heterocycles. The topological polar surface area (TPSA) is 105 Å². The van der Waals surface area contributed by atoms with Crippen molar-refractivity contribution in [1.29, 1.82) is 0 Å². The van der Waals surface area contributed by atoms with E-state index in [1.165, 1.54) is 24.3 Å². The van der Waals surface area contributed by atoms with Gasteiger partial charge in [0.1, 0.15) is 0 Å². The van der Waals surface area contributed by atoms with Gasteiger partial charge >= 0.3 is 17.6 Å². The maximum Gasteiger partial charge on any atom is 0.374 e. The second-order valence-electron chi connectivity index (χ2n) is 3.35. The van der Waals surface area contributed by atoms with Crippen LogP contribution in [0.15, 0.2) is 36.1 Å². The Labute approximate surface area is 113 Å². The summed E-state index contributed by atoms with van der Waals surface area (Å²) in [5.41, 5.74) is -0.354. The van der Waals surface area contributed by atoms with E-state index in [1.807, 2.05) is 0 Å². The SMILES string of the molecule is COC(=O)/C=C(\Oc1ccccc1[N+](=O)[O-])C(=O)OC. The fourth-order valence-corrected chi connectivity index (χ4v) is 1.21. The van der Waals surface area contributed by atoms with E-state index in [9.17, 15) is 19.7 Å². The Morgan fingerprint density at radius 2 is 1.85 bits per heavy atom. The first-order chi connectivity index (χ1) is 9.49. The van der Waals surface area contributed by atoms with Crippen molar-refractivity contribution in [3.05, 3.63) is 46.2 Å². The Hall–Kier alpha value is -2.90. The predicted molar refractivity (Wildman–Crippen MR) is 65.8 cm³/mol. The maximum absolute atomic E-state index is 11.5. The van der Waals surface area contributed by atoms with Crippen molar-refractivity contribution in [3.63, 3.8) is 0 Å². The Morgan fingerprint density at radius 1 is 1.20 bits per heavy atom. The summed E-state index contributed by atoms with van der Waals surface area (Å²) in [5.74, 6) is -2.54. The van der Waals surface area contributed by atoms with Gasteiger partial charge in [-0.25, -0.2) is 9.59 Å². The van der Waals surface area contributed by atoms with Gasteiger partial charge in [0.15, 0.2) is 0 Å². The highest BCUT2D eigenvalue weighted by molar-refractivity contribution is 5.95. The smallest absolute Gasteiger partial charge is 0.374 e. The summed E-state index contributed by atoms with van der Waals surface area (Å²) < 4.78 is 13.9. The number of hydrogen-bond donors (Lipinski definition) is 0. The number of carbonyl (C=O) groups excluding carboxylic acids is 2. The highest BCUT2D eigenvalue weighted by Gasteiger charge is 2.20. The highest BCUT2D eigenvalue weighted by Crippen LogP contribution is 2.27. The number of carbonyl (C=O) groups is 2. The van der Waals surface area contributed by atoms with Gasteiger partial charge in [0.05, 0.1) is 25.2 Å². The molecule has 106 valence electrons. The summed E-state index contributed by atoms with van der Waals surface area (Å²) >= 11 is 0. The Kier molecular flexibility index (Phi) is 5.21. The minimum Gasteiger partial charge on any atom is -0.466 e. The molecule has 0 bridgehead atoms. The van der Waals surface area contributed by atoms with E-state index in [4.69, 9.17) is 4.74 Å². The summed E-state index contributed by atoms with van der Waals surface area (Å²) in [6.07, 6.45) is 0.739. The summed E-state index contributed by atoms with van der Waals surface area (Å²) in [5, 5.41) is 10.8. The minimum absolute atomic E-state index is 0.196. The molecule has 1 rings (SSSR count). The van der Waals surface area contributed by atoms with Gasteiger partial charge in [-0.05, 0) is 6.07 Å². The number of hydrogen-bond acceptors (Lipinski definition) is 7. The first-order valence-corrected chi connectivity index (χ1v) is 5.28. The average molecular weight is 281 g/mol. The van der Waals surface area contributed by atoms with Gasteiger partial charge < -0.3 is 14.2 Å². The molecule has 8 nitrogen and oxygen atoms in total. The molecule has 1 aromatic rings. The van der Waals surface area contributed by atoms with Crippen LogP contribution in [0.2, 0.25) is 0 Å². The lowest BCUT2D eigenvalue weighted by Crippen LogP contribution is -2.14. The second-order valence-corrected chi connectivity index (χ2v) is 3.35. The number of para-hydroxylation sites is 2. The van der Waals surface area contributed by atoms with E-state index in [0.29, 0.717) is 0 Å². The van der Waals surface area contributed by atoms with Crippen LogP contribution in [-0.2, 0) is 19.1 Å². The van der Waals surface area contributed by atoms with Crippen molar-refractivity contribution in [3.8, 4) is 5.75 Å². The molecule has 0 fully saturated rings. The Morgan fingerprint density at radius 3 is 2.40 bits per heavy atom. The van der Waals surface area contributed by atoms with Crippen LogP contribution in [0.1, 0.15) is 0 Å². The van der Waals surface area contributed by atoms with E-state index in [-0.39, 0.29) is 11.4 Å². The van der Waals surface area contributed by atoms with Gasteiger partial charge in [0.2, 0.25) is 11.5 Å². The molecule has 20 heavy (non-hydrogen) atoms. The predicted octanol–water partition coefficient (Wildman–Crippen LogP) is 1.20. The molecule has 0 spiro atoms. The van der Waals surface area contributed by atoms with Crippen LogP contribution in [0.4, 0.5) is 5.69 Å². The zero-order valence-corrected chi connectivity index (χ0v) is 10.7. The van der Waals surface area contributed by atoms with Crippen LogP contribution >= 0.6 is 0 Å². The van der Waals surface area contributed by atoms with Crippen LogP contribution in [0.25, 0.3) is 0 Å². The summed E-state index contributed by atoms with van der Waals surface area (Å²) in [4.78, 5) is 32.7. The standard InChI is InChI=1S/C12H11NO7/c1-18-11(14)7-10(12(15)19-2)20-9-6-4-3-5-8(9)13(16)17/h3-7H,1-2H3/b10-7-. The number of esters is 2. The first-order valence-electron chi connectivity index (χ1n) is 5.28. The van der Waals surface area contributed by atoms with Crippen LogP contribution in [0.5, 0.6) is 5.75 Å². The molecule has 8 heteroatoms. The number of nitrogens with zero attached hydrogens (tertiary/aromatic N) is 1. The lowest BCUT2D eigenvalue weighted by atomic mass is 10.3. The Bertz CT molecular complexity index is 565. The van der Waals surface area contributed by atoms with Crippen LogP contribution in [0.3, 0.4) is 0 Å². The molecular weight excluding hydrogens is 270 g/mol. The number of nitro benzene ring substituents is 1.